The number of nitrogens with two attached hydrogens (primary N) is 1. The van der Waals surface area contributed by atoms with Crippen molar-refractivity contribution in [1.29, 1.82) is 0 Å². The number of methoxy groups -OCH3 is 1. The van der Waals surface area contributed by atoms with E-state index in [1.165, 1.54) is 19.2 Å². The SMILES string of the molecule is COc1c(N)cc(C(=O)O)cc1OC(C)(C)C. The highest BCUT2D eigenvalue weighted by Crippen LogP contribution is 2.36. The third-order valence-electron chi connectivity index (χ3n) is 1.95. The largest absolute Gasteiger partial charge is 0.491 e. The van der Waals surface area contributed by atoms with E-state index in [4.69, 9.17) is 20.3 Å². The number of carbonyl (C=O) groups is 1. The Balaban J connectivity index is 3.29. The number of rotatable bonds is 3. The molecular weight excluding hydrogens is 222 g/mol. The van der Waals surface area contributed by atoms with Crippen molar-refractivity contribution < 1.29 is 19.4 Å². The van der Waals surface area contributed by atoms with Crippen molar-refractivity contribution in [3.63, 3.8) is 0 Å². The van der Waals surface area contributed by atoms with Gasteiger partial charge in [0.1, 0.15) is 5.60 Å². The molecule has 5 heteroatoms. The summed E-state index contributed by atoms with van der Waals surface area (Å²) >= 11 is 0. The predicted octanol–water partition coefficient (Wildman–Crippen LogP) is 2.15. The van der Waals surface area contributed by atoms with Gasteiger partial charge in [-0.15, -0.1) is 0 Å². The third kappa shape index (κ3) is 3.27. The van der Waals surface area contributed by atoms with Gasteiger partial charge in [0.05, 0.1) is 18.4 Å². The molecule has 0 saturated carbocycles. The van der Waals surface area contributed by atoms with Gasteiger partial charge in [0.25, 0.3) is 0 Å². The molecule has 0 radical (unpaired) electrons. The molecular formula is C12H17NO4. The molecule has 0 amide bonds. The summed E-state index contributed by atoms with van der Waals surface area (Å²) in [4.78, 5) is 10.9. The Morgan fingerprint density at radius 3 is 2.35 bits per heavy atom. The van der Waals surface area contributed by atoms with Crippen LogP contribution in [-0.2, 0) is 0 Å². The van der Waals surface area contributed by atoms with Gasteiger partial charge in [-0.05, 0) is 32.9 Å². The molecule has 0 aliphatic heterocycles. The molecule has 1 aromatic carbocycles. The first-order valence-corrected chi connectivity index (χ1v) is 5.14. The zero-order valence-electron chi connectivity index (χ0n) is 10.4. The van der Waals surface area contributed by atoms with Crippen LogP contribution in [0.25, 0.3) is 0 Å². The lowest BCUT2D eigenvalue weighted by atomic mass is 10.1. The van der Waals surface area contributed by atoms with Gasteiger partial charge in [0.15, 0.2) is 11.5 Å². The average molecular weight is 239 g/mol. The number of ether oxygens (including phenoxy) is 2. The molecule has 0 fully saturated rings. The summed E-state index contributed by atoms with van der Waals surface area (Å²) < 4.78 is 10.7. The first-order valence-electron chi connectivity index (χ1n) is 5.14. The van der Waals surface area contributed by atoms with E-state index in [0.717, 1.165) is 0 Å². The molecule has 1 aromatic rings. The Kier molecular flexibility index (Phi) is 3.50. The maximum Gasteiger partial charge on any atom is 0.335 e. The Bertz CT molecular complexity index is 435. The molecule has 0 bridgehead atoms. The predicted molar refractivity (Wildman–Crippen MR) is 64.7 cm³/mol. The number of carboxylic acid groups (broad SMARTS) is 1. The van der Waals surface area contributed by atoms with Gasteiger partial charge < -0.3 is 20.3 Å². The van der Waals surface area contributed by atoms with Gasteiger partial charge >= 0.3 is 5.97 Å². The summed E-state index contributed by atoms with van der Waals surface area (Å²) in [5.41, 5.74) is 5.57. The van der Waals surface area contributed by atoms with Crippen LogP contribution in [0.5, 0.6) is 11.5 Å². The van der Waals surface area contributed by atoms with Crippen molar-refractivity contribution in [2.75, 3.05) is 12.8 Å². The van der Waals surface area contributed by atoms with Crippen LogP contribution in [0.3, 0.4) is 0 Å². The standard InChI is InChI=1S/C12H17NO4/c1-12(2,3)17-9-6-7(11(14)15)5-8(13)10(9)16-4/h5-6H,13H2,1-4H3,(H,14,15). The lowest BCUT2D eigenvalue weighted by molar-refractivity contribution is 0.0694. The molecule has 1 rings (SSSR count). The maximum absolute atomic E-state index is 10.9. The number of benzene rings is 1. The van der Waals surface area contributed by atoms with E-state index in [1.807, 2.05) is 20.8 Å². The number of hydrogen-bond acceptors (Lipinski definition) is 4. The summed E-state index contributed by atoms with van der Waals surface area (Å²) in [5, 5.41) is 8.94. The van der Waals surface area contributed by atoms with Gasteiger partial charge in [-0.1, -0.05) is 0 Å². The minimum Gasteiger partial charge on any atom is -0.491 e. The van der Waals surface area contributed by atoms with Crippen molar-refractivity contribution in [2.45, 2.75) is 26.4 Å². The van der Waals surface area contributed by atoms with E-state index in [1.54, 1.807) is 0 Å². The van der Waals surface area contributed by atoms with Gasteiger partial charge in [0, 0.05) is 0 Å². The summed E-state index contributed by atoms with van der Waals surface area (Å²) in [7, 11) is 1.46. The fourth-order valence-corrected chi connectivity index (χ4v) is 1.37. The quantitative estimate of drug-likeness (QED) is 0.790. The van der Waals surface area contributed by atoms with Gasteiger partial charge in [-0.25, -0.2) is 4.79 Å². The molecule has 17 heavy (non-hydrogen) atoms. The first-order chi connectivity index (χ1) is 7.74. The molecule has 0 aliphatic rings. The third-order valence-corrected chi connectivity index (χ3v) is 1.95. The highest BCUT2D eigenvalue weighted by Gasteiger charge is 2.19. The van der Waals surface area contributed by atoms with Gasteiger partial charge in [-0.2, -0.15) is 0 Å². The van der Waals surface area contributed by atoms with Crippen molar-refractivity contribution in [1.82, 2.24) is 0 Å². The molecule has 0 saturated heterocycles. The smallest absolute Gasteiger partial charge is 0.335 e. The topological polar surface area (TPSA) is 81.8 Å². The number of aromatic carboxylic acids is 1. The van der Waals surface area contributed by atoms with Crippen LogP contribution in [0.2, 0.25) is 0 Å². The van der Waals surface area contributed by atoms with Crippen LogP contribution in [-0.4, -0.2) is 23.8 Å². The lowest BCUT2D eigenvalue weighted by Gasteiger charge is -2.23. The van der Waals surface area contributed by atoms with Crippen LogP contribution < -0.4 is 15.2 Å². The second-order valence-electron chi connectivity index (χ2n) is 4.62. The average Bonchev–Trinajstić information content (AvgIpc) is 2.14. The first kappa shape index (κ1) is 13.2. The fourth-order valence-electron chi connectivity index (χ4n) is 1.37. The van der Waals surface area contributed by atoms with Gasteiger partial charge in [-0.3, -0.25) is 0 Å². The van der Waals surface area contributed by atoms with Crippen LogP contribution in [0.1, 0.15) is 31.1 Å². The van der Waals surface area contributed by atoms with Crippen molar-refractivity contribution >= 4 is 11.7 Å². The van der Waals surface area contributed by atoms with E-state index in [-0.39, 0.29) is 11.3 Å². The highest BCUT2D eigenvalue weighted by molar-refractivity contribution is 5.90. The lowest BCUT2D eigenvalue weighted by Crippen LogP contribution is -2.23. The zero-order chi connectivity index (χ0) is 13.2. The Morgan fingerprint density at radius 1 is 1.35 bits per heavy atom. The minimum atomic E-state index is -1.06. The van der Waals surface area contributed by atoms with Crippen molar-refractivity contribution in [3.8, 4) is 11.5 Å². The summed E-state index contributed by atoms with van der Waals surface area (Å²) in [6.45, 7) is 5.57. The van der Waals surface area contributed by atoms with Crippen molar-refractivity contribution in [2.24, 2.45) is 0 Å². The summed E-state index contributed by atoms with van der Waals surface area (Å²) in [6, 6.07) is 2.75. The fraction of sp³-hybridized carbons (Fsp3) is 0.417. The minimum absolute atomic E-state index is 0.0718. The summed E-state index contributed by atoms with van der Waals surface area (Å²) in [6.07, 6.45) is 0. The second-order valence-corrected chi connectivity index (χ2v) is 4.62. The highest BCUT2D eigenvalue weighted by atomic mass is 16.5. The van der Waals surface area contributed by atoms with E-state index >= 15 is 0 Å². The molecule has 0 aromatic heterocycles. The molecule has 0 heterocycles. The zero-order valence-corrected chi connectivity index (χ0v) is 10.4. The Labute approximate surface area is 100 Å². The molecule has 3 N–H and O–H groups in total. The molecule has 0 aliphatic carbocycles. The van der Waals surface area contributed by atoms with Crippen LogP contribution in [0, 0.1) is 0 Å². The Hall–Kier alpha value is -1.91. The number of anilines is 1. The summed E-state index contributed by atoms with van der Waals surface area (Å²) in [5.74, 6) is -0.375. The van der Waals surface area contributed by atoms with Gasteiger partial charge in [0.2, 0.25) is 0 Å². The molecule has 0 atom stereocenters. The van der Waals surface area contributed by atoms with E-state index < -0.39 is 11.6 Å². The Morgan fingerprint density at radius 2 is 1.94 bits per heavy atom. The molecule has 0 spiro atoms. The maximum atomic E-state index is 10.9. The van der Waals surface area contributed by atoms with E-state index in [2.05, 4.69) is 0 Å². The number of hydrogen-bond donors (Lipinski definition) is 2. The second kappa shape index (κ2) is 4.53. The van der Waals surface area contributed by atoms with E-state index in [0.29, 0.717) is 11.5 Å². The molecule has 0 unspecified atom stereocenters. The molecule has 94 valence electrons. The molecule has 5 nitrogen and oxygen atoms in total. The number of nitrogen functional groups attached to an aromatic ring is 1. The number of carboxylic acids is 1. The van der Waals surface area contributed by atoms with Crippen molar-refractivity contribution in [3.05, 3.63) is 17.7 Å². The van der Waals surface area contributed by atoms with Crippen LogP contribution >= 0.6 is 0 Å². The normalized spacial score (nSPS) is 11.1. The van der Waals surface area contributed by atoms with Crippen LogP contribution in [0.15, 0.2) is 12.1 Å². The monoisotopic (exact) mass is 239 g/mol. The van der Waals surface area contributed by atoms with Crippen LogP contribution in [0.4, 0.5) is 5.69 Å². The van der Waals surface area contributed by atoms with E-state index in [9.17, 15) is 4.79 Å².